The number of carbonyl (C=O) groups is 2. The number of halogens is 1. The zero-order chi connectivity index (χ0) is 22.1. The first-order chi connectivity index (χ1) is 14.9. The van der Waals surface area contributed by atoms with E-state index in [-0.39, 0.29) is 17.9 Å². The summed E-state index contributed by atoms with van der Waals surface area (Å²) in [6, 6.07) is 16.2. The van der Waals surface area contributed by atoms with E-state index in [1.807, 2.05) is 12.1 Å². The first-order valence-corrected chi connectivity index (χ1v) is 10.0. The summed E-state index contributed by atoms with van der Waals surface area (Å²) in [6.45, 7) is 1.94. The molecule has 0 saturated carbocycles. The highest BCUT2D eigenvalue weighted by Crippen LogP contribution is 2.41. The first kappa shape index (κ1) is 20.8. The molecule has 1 atom stereocenters. The van der Waals surface area contributed by atoms with Crippen LogP contribution in [0.25, 0.3) is 5.76 Å². The summed E-state index contributed by atoms with van der Waals surface area (Å²) in [4.78, 5) is 27.4. The van der Waals surface area contributed by atoms with Gasteiger partial charge >= 0.3 is 0 Å². The Bertz CT molecular complexity index is 1160. The van der Waals surface area contributed by atoms with Crippen molar-refractivity contribution in [3.8, 4) is 5.75 Å². The van der Waals surface area contributed by atoms with Crippen LogP contribution in [0.3, 0.4) is 0 Å². The molecule has 0 spiro atoms. The van der Waals surface area contributed by atoms with Crippen molar-refractivity contribution in [1.29, 1.82) is 0 Å². The molecule has 0 bridgehead atoms. The van der Waals surface area contributed by atoms with Gasteiger partial charge in [-0.2, -0.15) is 0 Å². The largest absolute Gasteiger partial charge is 0.507 e. The van der Waals surface area contributed by atoms with Gasteiger partial charge in [-0.05, 0) is 61.0 Å². The third kappa shape index (κ3) is 3.94. The lowest BCUT2D eigenvalue weighted by molar-refractivity contribution is -0.140. The van der Waals surface area contributed by atoms with Crippen molar-refractivity contribution in [2.24, 2.45) is 0 Å². The number of Topliss-reactive ketones (excluding diaryl/α,β-unsaturated/α-hetero) is 1. The van der Waals surface area contributed by atoms with Crippen LogP contribution in [0.15, 0.2) is 70.7 Å². The molecule has 2 heterocycles. The van der Waals surface area contributed by atoms with Crippen molar-refractivity contribution in [2.75, 3.05) is 7.11 Å². The van der Waals surface area contributed by atoms with E-state index in [0.717, 1.165) is 5.56 Å². The minimum absolute atomic E-state index is 0.0183. The predicted molar refractivity (Wildman–Crippen MR) is 116 cm³/mol. The molecule has 1 aromatic heterocycles. The van der Waals surface area contributed by atoms with Crippen LogP contribution >= 0.6 is 11.6 Å². The van der Waals surface area contributed by atoms with Crippen LogP contribution in [0.4, 0.5) is 0 Å². The molecule has 3 aromatic rings. The molecule has 4 rings (SSSR count). The average Bonchev–Trinajstić information content (AvgIpc) is 3.30. The molecule has 31 heavy (non-hydrogen) atoms. The highest BCUT2D eigenvalue weighted by Gasteiger charge is 2.47. The number of benzene rings is 2. The zero-order valence-corrected chi connectivity index (χ0v) is 17.7. The number of rotatable bonds is 5. The third-order valence-corrected chi connectivity index (χ3v) is 5.45. The molecular weight excluding hydrogens is 418 g/mol. The van der Waals surface area contributed by atoms with Gasteiger partial charge in [-0.3, -0.25) is 9.59 Å². The Hall–Kier alpha value is -3.51. The number of carbonyl (C=O) groups excluding carboxylic acids is 2. The van der Waals surface area contributed by atoms with Gasteiger partial charge < -0.3 is 19.2 Å². The van der Waals surface area contributed by atoms with E-state index in [1.165, 1.54) is 4.90 Å². The van der Waals surface area contributed by atoms with Crippen LogP contribution < -0.4 is 4.74 Å². The number of amides is 1. The summed E-state index contributed by atoms with van der Waals surface area (Å²) in [5.74, 6) is -0.0132. The van der Waals surface area contributed by atoms with Crippen molar-refractivity contribution in [3.63, 3.8) is 0 Å². The Kier molecular flexibility index (Phi) is 5.57. The smallest absolute Gasteiger partial charge is 0.296 e. The maximum atomic E-state index is 13.0. The third-order valence-electron chi connectivity index (χ3n) is 5.20. The van der Waals surface area contributed by atoms with Gasteiger partial charge in [-0.15, -0.1) is 0 Å². The van der Waals surface area contributed by atoms with Crippen LogP contribution in [0.5, 0.6) is 5.75 Å². The summed E-state index contributed by atoms with van der Waals surface area (Å²) in [6.07, 6.45) is 0. The second-order valence-electron chi connectivity index (χ2n) is 7.23. The van der Waals surface area contributed by atoms with E-state index in [4.69, 9.17) is 20.8 Å². The molecular formula is C24H20ClNO5. The van der Waals surface area contributed by atoms with Crippen LogP contribution in [-0.2, 0) is 16.1 Å². The fourth-order valence-electron chi connectivity index (χ4n) is 3.63. The van der Waals surface area contributed by atoms with E-state index >= 15 is 0 Å². The number of ether oxygens (including phenoxy) is 1. The molecule has 1 aliphatic heterocycles. The van der Waals surface area contributed by atoms with Crippen molar-refractivity contribution >= 4 is 29.1 Å². The number of aliphatic hydroxyl groups excluding tert-OH is 1. The van der Waals surface area contributed by atoms with Gasteiger partial charge in [0.2, 0.25) is 0 Å². The number of methoxy groups -OCH3 is 1. The van der Waals surface area contributed by atoms with E-state index < -0.39 is 17.7 Å². The van der Waals surface area contributed by atoms with Crippen molar-refractivity contribution in [2.45, 2.75) is 19.5 Å². The second-order valence-corrected chi connectivity index (χ2v) is 7.67. The summed E-state index contributed by atoms with van der Waals surface area (Å²) < 4.78 is 10.9. The SMILES string of the molecule is COc1ccc(CN2C(=O)C(=O)/C(=C(\O)c3ccc(Cl)cc3)C2c2ccc(C)o2)cc1. The van der Waals surface area contributed by atoms with E-state index in [0.29, 0.717) is 27.9 Å². The molecule has 0 radical (unpaired) electrons. The van der Waals surface area contributed by atoms with Crippen molar-refractivity contribution < 1.29 is 23.8 Å². The Labute approximate surface area is 184 Å². The Morgan fingerprint density at radius 1 is 1.06 bits per heavy atom. The number of ketones is 1. The van der Waals surface area contributed by atoms with Gasteiger partial charge in [-0.1, -0.05) is 23.7 Å². The number of aryl methyl sites for hydroxylation is 1. The van der Waals surface area contributed by atoms with Crippen molar-refractivity contribution in [3.05, 3.63) is 93.9 Å². The van der Waals surface area contributed by atoms with Gasteiger partial charge in [-0.25, -0.2) is 0 Å². The van der Waals surface area contributed by atoms with E-state index in [2.05, 4.69) is 0 Å². The lowest BCUT2D eigenvalue weighted by Crippen LogP contribution is -2.29. The van der Waals surface area contributed by atoms with Gasteiger partial charge in [0.05, 0.1) is 12.7 Å². The molecule has 1 amide bonds. The molecule has 2 aromatic carbocycles. The number of aliphatic hydroxyl groups is 1. The fourth-order valence-corrected chi connectivity index (χ4v) is 3.76. The second kappa shape index (κ2) is 8.32. The standard InChI is InChI=1S/C24H20ClNO5/c1-14-3-12-19(31-14)21-20(22(27)16-6-8-17(25)9-7-16)23(28)24(29)26(21)13-15-4-10-18(30-2)11-5-15/h3-12,21,27H,13H2,1-2H3/b22-20-. The number of hydrogen-bond acceptors (Lipinski definition) is 5. The van der Waals surface area contributed by atoms with Crippen LogP contribution in [0.2, 0.25) is 5.02 Å². The first-order valence-electron chi connectivity index (χ1n) is 9.62. The van der Waals surface area contributed by atoms with Crippen molar-refractivity contribution in [1.82, 2.24) is 4.90 Å². The van der Waals surface area contributed by atoms with E-state index in [9.17, 15) is 14.7 Å². The quantitative estimate of drug-likeness (QED) is 0.350. The van der Waals surface area contributed by atoms with E-state index in [1.54, 1.807) is 62.6 Å². The maximum absolute atomic E-state index is 13.0. The summed E-state index contributed by atoms with van der Waals surface area (Å²) in [5.41, 5.74) is 1.18. The predicted octanol–water partition coefficient (Wildman–Crippen LogP) is 4.87. The number of nitrogens with zero attached hydrogens (tertiary/aromatic N) is 1. The molecule has 6 nitrogen and oxygen atoms in total. The highest BCUT2D eigenvalue weighted by molar-refractivity contribution is 6.46. The zero-order valence-electron chi connectivity index (χ0n) is 17.0. The molecule has 0 aliphatic carbocycles. The van der Waals surface area contributed by atoms with Gasteiger partial charge in [0, 0.05) is 17.1 Å². The maximum Gasteiger partial charge on any atom is 0.296 e. The minimum Gasteiger partial charge on any atom is -0.507 e. The lowest BCUT2D eigenvalue weighted by atomic mass is 9.99. The van der Waals surface area contributed by atoms with Gasteiger partial charge in [0.15, 0.2) is 0 Å². The highest BCUT2D eigenvalue weighted by atomic mass is 35.5. The summed E-state index contributed by atoms with van der Waals surface area (Å²) in [7, 11) is 1.57. The number of furan rings is 1. The normalized spacial score (nSPS) is 17.9. The van der Waals surface area contributed by atoms with Gasteiger partial charge in [0.25, 0.3) is 11.7 Å². The average molecular weight is 438 g/mol. The van der Waals surface area contributed by atoms with Gasteiger partial charge in [0.1, 0.15) is 29.1 Å². The molecule has 7 heteroatoms. The van der Waals surface area contributed by atoms with Crippen LogP contribution in [0, 0.1) is 6.92 Å². The molecule has 1 saturated heterocycles. The Balaban J connectivity index is 1.80. The molecule has 1 aliphatic rings. The minimum atomic E-state index is -0.855. The fraction of sp³-hybridized carbons (Fsp3) is 0.167. The molecule has 1 unspecified atom stereocenters. The van der Waals surface area contributed by atoms with Crippen LogP contribution in [-0.4, -0.2) is 28.8 Å². The molecule has 158 valence electrons. The summed E-state index contributed by atoms with van der Waals surface area (Å²) in [5, 5.41) is 11.5. The Morgan fingerprint density at radius 2 is 1.74 bits per heavy atom. The number of likely N-dealkylation sites (tertiary alicyclic amines) is 1. The molecule has 1 N–H and O–H groups in total. The lowest BCUT2D eigenvalue weighted by Gasteiger charge is -2.23. The molecule has 1 fully saturated rings. The topological polar surface area (TPSA) is 80.0 Å². The van der Waals surface area contributed by atoms with Crippen LogP contribution in [0.1, 0.15) is 28.7 Å². The summed E-state index contributed by atoms with van der Waals surface area (Å²) >= 11 is 5.94. The monoisotopic (exact) mass is 437 g/mol. The Morgan fingerprint density at radius 3 is 2.32 bits per heavy atom. The number of hydrogen-bond donors (Lipinski definition) is 1.